The topological polar surface area (TPSA) is 68.0 Å². The molecule has 34 heavy (non-hydrogen) atoms. The third-order valence-electron chi connectivity index (χ3n) is 6.31. The van der Waals surface area contributed by atoms with Crippen LogP contribution in [-0.4, -0.2) is 62.3 Å². The Morgan fingerprint density at radius 3 is 2.74 bits per heavy atom. The molecule has 4 aromatic rings. The number of fused-ring (bicyclic) bond motifs is 2. The van der Waals surface area contributed by atoms with E-state index in [0.29, 0.717) is 28.8 Å². The van der Waals surface area contributed by atoms with Crippen LogP contribution in [0.2, 0.25) is 0 Å². The first kappa shape index (κ1) is 22.8. The van der Waals surface area contributed by atoms with Gasteiger partial charge in [0.15, 0.2) is 22.2 Å². The molecule has 5 rings (SSSR count). The number of morpholine rings is 1. The molecule has 1 aliphatic heterocycles. The van der Waals surface area contributed by atoms with Gasteiger partial charge in [-0.05, 0) is 43.5 Å². The molecule has 0 saturated carbocycles. The van der Waals surface area contributed by atoms with Crippen molar-refractivity contribution in [1.29, 1.82) is 0 Å². The highest BCUT2D eigenvalue weighted by atomic mass is 32.1. The highest BCUT2D eigenvalue weighted by molar-refractivity contribution is 7.22. The summed E-state index contributed by atoms with van der Waals surface area (Å²) in [6.07, 6.45) is 0.836. The van der Waals surface area contributed by atoms with Crippen LogP contribution in [0, 0.1) is 13.8 Å². The number of aromatic nitrogens is 1. The second-order valence-corrected chi connectivity index (χ2v) is 9.60. The van der Waals surface area contributed by atoms with E-state index in [1.165, 1.54) is 5.56 Å². The third-order valence-corrected chi connectivity index (χ3v) is 7.52. The zero-order valence-corrected chi connectivity index (χ0v) is 20.6. The van der Waals surface area contributed by atoms with Gasteiger partial charge >= 0.3 is 0 Å². The summed E-state index contributed by atoms with van der Waals surface area (Å²) in [4.78, 5) is 22.8. The summed E-state index contributed by atoms with van der Waals surface area (Å²) in [5.74, 6) is 0.717. The van der Waals surface area contributed by atoms with Gasteiger partial charge < -0.3 is 13.9 Å². The number of carbonyl (C=O) groups excluding carboxylic acids is 1. The molecule has 0 aliphatic carbocycles. The molecule has 2 aromatic heterocycles. The van der Waals surface area contributed by atoms with E-state index in [0.717, 1.165) is 60.4 Å². The number of rotatable bonds is 7. The van der Waals surface area contributed by atoms with Gasteiger partial charge in [-0.2, -0.15) is 0 Å². The van der Waals surface area contributed by atoms with E-state index in [1.807, 2.05) is 18.2 Å². The van der Waals surface area contributed by atoms with E-state index in [2.05, 4.69) is 30.9 Å². The van der Waals surface area contributed by atoms with Crippen molar-refractivity contribution in [2.45, 2.75) is 20.3 Å². The number of hydrogen-bond acceptors (Lipinski definition) is 7. The Morgan fingerprint density at radius 2 is 1.97 bits per heavy atom. The quantitative estimate of drug-likeness (QED) is 0.370. The molecule has 1 fully saturated rings. The SMILES string of the molecule is COc1cccc2cc(C(=O)N(CCCN3CCOCC3)c3nc4c(C)ccc(C)c4s3)oc12. The van der Waals surface area contributed by atoms with Crippen molar-refractivity contribution in [2.24, 2.45) is 0 Å². The summed E-state index contributed by atoms with van der Waals surface area (Å²) in [5, 5.41) is 1.54. The molecule has 0 bridgehead atoms. The molecule has 0 radical (unpaired) electrons. The van der Waals surface area contributed by atoms with Crippen LogP contribution < -0.4 is 9.64 Å². The summed E-state index contributed by atoms with van der Waals surface area (Å²) in [6, 6.07) is 11.6. The minimum Gasteiger partial charge on any atom is -0.493 e. The summed E-state index contributed by atoms with van der Waals surface area (Å²) in [7, 11) is 1.60. The molecule has 1 saturated heterocycles. The number of furan rings is 1. The monoisotopic (exact) mass is 479 g/mol. The van der Waals surface area contributed by atoms with Crippen molar-refractivity contribution in [3.63, 3.8) is 0 Å². The van der Waals surface area contributed by atoms with Crippen LogP contribution in [0.25, 0.3) is 21.2 Å². The number of nitrogens with zero attached hydrogens (tertiary/aromatic N) is 3. The Labute approximate surface area is 202 Å². The van der Waals surface area contributed by atoms with E-state index in [1.54, 1.807) is 29.4 Å². The lowest BCUT2D eigenvalue weighted by atomic mass is 10.1. The van der Waals surface area contributed by atoms with Gasteiger partial charge in [0.2, 0.25) is 0 Å². The largest absolute Gasteiger partial charge is 0.493 e. The van der Waals surface area contributed by atoms with Gasteiger partial charge in [0.1, 0.15) is 0 Å². The molecule has 3 heterocycles. The fourth-order valence-corrected chi connectivity index (χ4v) is 5.50. The fraction of sp³-hybridized carbons (Fsp3) is 0.385. The first-order valence-corrected chi connectivity index (χ1v) is 12.4. The molecule has 0 unspecified atom stereocenters. The van der Waals surface area contributed by atoms with Crippen LogP contribution in [0.5, 0.6) is 5.75 Å². The van der Waals surface area contributed by atoms with E-state index in [-0.39, 0.29) is 5.91 Å². The lowest BCUT2D eigenvalue weighted by Crippen LogP contribution is -2.39. The number of carbonyl (C=O) groups is 1. The molecule has 2 aromatic carbocycles. The third kappa shape index (κ3) is 4.41. The van der Waals surface area contributed by atoms with Crippen LogP contribution in [0.4, 0.5) is 5.13 Å². The molecule has 0 spiro atoms. The Balaban J connectivity index is 1.47. The number of anilines is 1. The molecule has 1 amide bonds. The molecule has 0 N–H and O–H groups in total. The Morgan fingerprint density at radius 1 is 1.18 bits per heavy atom. The van der Waals surface area contributed by atoms with Gasteiger partial charge in [-0.1, -0.05) is 35.6 Å². The zero-order valence-electron chi connectivity index (χ0n) is 19.8. The molecule has 7 nitrogen and oxygen atoms in total. The maximum atomic E-state index is 13.8. The molecule has 1 aliphatic rings. The van der Waals surface area contributed by atoms with Crippen molar-refractivity contribution < 1.29 is 18.7 Å². The average molecular weight is 480 g/mol. The number of amides is 1. The molecular formula is C26H29N3O4S. The normalized spacial score (nSPS) is 14.7. The lowest BCUT2D eigenvalue weighted by Gasteiger charge is -2.27. The second kappa shape index (κ2) is 9.74. The molecule has 0 atom stereocenters. The van der Waals surface area contributed by atoms with Gasteiger partial charge in [-0.15, -0.1) is 0 Å². The van der Waals surface area contributed by atoms with Gasteiger partial charge in [0.25, 0.3) is 5.91 Å². The number of benzene rings is 2. The summed E-state index contributed by atoms with van der Waals surface area (Å²) < 4.78 is 18.0. The van der Waals surface area contributed by atoms with Crippen LogP contribution in [0.1, 0.15) is 28.1 Å². The van der Waals surface area contributed by atoms with Crippen molar-refractivity contribution in [2.75, 3.05) is 51.4 Å². The van der Waals surface area contributed by atoms with Crippen LogP contribution in [0.3, 0.4) is 0 Å². The predicted octanol–water partition coefficient (Wildman–Crippen LogP) is 5.04. The average Bonchev–Trinajstić information content (AvgIpc) is 3.50. The van der Waals surface area contributed by atoms with Crippen LogP contribution in [0.15, 0.2) is 40.8 Å². The highest BCUT2D eigenvalue weighted by Gasteiger charge is 2.26. The van der Waals surface area contributed by atoms with E-state index >= 15 is 0 Å². The number of hydrogen-bond donors (Lipinski definition) is 0. The molecule has 8 heteroatoms. The summed E-state index contributed by atoms with van der Waals surface area (Å²) in [6.45, 7) is 8.99. The van der Waals surface area contributed by atoms with Crippen molar-refractivity contribution >= 4 is 43.6 Å². The van der Waals surface area contributed by atoms with Gasteiger partial charge in [0.05, 0.1) is 30.5 Å². The fourth-order valence-electron chi connectivity index (χ4n) is 4.36. The van der Waals surface area contributed by atoms with Crippen molar-refractivity contribution in [3.8, 4) is 5.75 Å². The van der Waals surface area contributed by atoms with E-state index < -0.39 is 0 Å². The maximum Gasteiger partial charge on any atom is 0.295 e. The number of aryl methyl sites for hydroxylation is 2. The zero-order chi connectivity index (χ0) is 23.7. The Kier molecular flexibility index (Phi) is 6.54. The minimum absolute atomic E-state index is 0.186. The smallest absolute Gasteiger partial charge is 0.295 e. The number of methoxy groups -OCH3 is 1. The first-order chi connectivity index (χ1) is 16.5. The van der Waals surface area contributed by atoms with Gasteiger partial charge in [-0.25, -0.2) is 4.98 Å². The van der Waals surface area contributed by atoms with E-state index in [9.17, 15) is 4.79 Å². The standard InChI is InChI=1S/C26H29N3O4S/c1-17-8-9-18(2)24-22(17)27-26(34-24)29(11-5-10-28-12-14-32-15-13-28)25(30)21-16-19-6-4-7-20(31-3)23(19)33-21/h4,6-9,16H,5,10-15H2,1-3H3. The maximum absolute atomic E-state index is 13.8. The summed E-state index contributed by atoms with van der Waals surface area (Å²) in [5.41, 5.74) is 3.81. The van der Waals surface area contributed by atoms with Crippen LogP contribution >= 0.6 is 11.3 Å². The van der Waals surface area contributed by atoms with E-state index in [4.69, 9.17) is 18.9 Å². The van der Waals surface area contributed by atoms with Crippen molar-refractivity contribution in [3.05, 3.63) is 53.3 Å². The first-order valence-electron chi connectivity index (χ1n) is 11.6. The number of para-hydroxylation sites is 1. The number of thiazole rings is 1. The Hall–Kier alpha value is -2.94. The molecular weight excluding hydrogens is 450 g/mol. The van der Waals surface area contributed by atoms with Crippen molar-refractivity contribution in [1.82, 2.24) is 9.88 Å². The number of ether oxygens (including phenoxy) is 2. The summed E-state index contributed by atoms with van der Waals surface area (Å²) >= 11 is 1.56. The highest BCUT2D eigenvalue weighted by Crippen LogP contribution is 2.35. The molecule has 178 valence electrons. The Bertz CT molecular complexity index is 1280. The second-order valence-electron chi connectivity index (χ2n) is 8.63. The predicted molar refractivity (Wildman–Crippen MR) is 135 cm³/mol. The lowest BCUT2D eigenvalue weighted by molar-refractivity contribution is 0.0376. The van der Waals surface area contributed by atoms with Gasteiger partial charge in [0, 0.05) is 31.6 Å². The minimum atomic E-state index is -0.186. The van der Waals surface area contributed by atoms with Gasteiger partial charge in [-0.3, -0.25) is 14.6 Å². The van der Waals surface area contributed by atoms with Crippen LogP contribution in [-0.2, 0) is 4.74 Å².